The van der Waals surface area contributed by atoms with Gasteiger partial charge in [-0.15, -0.1) is 0 Å². The van der Waals surface area contributed by atoms with Gasteiger partial charge >= 0.3 is 0 Å². The van der Waals surface area contributed by atoms with E-state index >= 15 is 0 Å². The van der Waals surface area contributed by atoms with Gasteiger partial charge in [-0.25, -0.2) is 8.42 Å². The average Bonchev–Trinajstić information content (AvgIpc) is 2.59. The van der Waals surface area contributed by atoms with Gasteiger partial charge in [-0.05, 0) is 17.7 Å². The number of carbonyl (C=O) groups excluding carboxylic acids is 2. The predicted molar refractivity (Wildman–Crippen MR) is 87.6 cm³/mol. The Hall–Kier alpha value is -2.67. The summed E-state index contributed by atoms with van der Waals surface area (Å²) in [6.45, 7) is 0. The molecule has 1 aliphatic heterocycles. The molecule has 124 valence electrons. The van der Waals surface area contributed by atoms with Crippen molar-refractivity contribution in [1.29, 1.82) is 0 Å². The minimum atomic E-state index is -3.75. The molecule has 2 aromatic carbocycles. The van der Waals surface area contributed by atoms with Crippen LogP contribution in [0, 0.1) is 0 Å². The van der Waals surface area contributed by atoms with Crippen LogP contribution in [0.4, 0.5) is 0 Å². The zero-order valence-corrected chi connectivity index (χ0v) is 13.5. The van der Waals surface area contributed by atoms with Crippen molar-refractivity contribution in [3.8, 4) is 0 Å². The SMILES string of the molecule is O=C(Cc1ccccc1)NC1C(=O)NC1S(=O)(=O)c1ccccc1. The number of rotatable bonds is 5. The Labute approximate surface area is 139 Å². The van der Waals surface area contributed by atoms with Gasteiger partial charge in [0.05, 0.1) is 11.3 Å². The molecular formula is C17H16N2O4S. The summed E-state index contributed by atoms with van der Waals surface area (Å²) in [5.41, 5.74) is 0.789. The van der Waals surface area contributed by atoms with Gasteiger partial charge in [-0.3, -0.25) is 9.59 Å². The molecule has 3 rings (SSSR count). The molecule has 1 heterocycles. The molecule has 24 heavy (non-hydrogen) atoms. The van der Waals surface area contributed by atoms with E-state index < -0.39 is 33.1 Å². The third-order valence-corrected chi connectivity index (χ3v) is 5.79. The molecule has 2 atom stereocenters. The lowest BCUT2D eigenvalue weighted by atomic mass is 10.1. The number of hydrogen-bond acceptors (Lipinski definition) is 4. The lowest BCUT2D eigenvalue weighted by Gasteiger charge is -2.36. The number of hydrogen-bond donors (Lipinski definition) is 2. The van der Waals surface area contributed by atoms with Crippen molar-refractivity contribution in [2.45, 2.75) is 22.7 Å². The molecule has 2 amide bonds. The highest BCUT2D eigenvalue weighted by Gasteiger charge is 2.48. The Balaban J connectivity index is 1.71. The molecule has 2 N–H and O–H groups in total. The zero-order chi connectivity index (χ0) is 17.2. The van der Waals surface area contributed by atoms with E-state index in [1.165, 1.54) is 12.1 Å². The third-order valence-electron chi connectivity index (χ3n) is 3.80. The smallest absolute Gasteiger partial charge is 0.246 e. The number of amides is 2. The number of carbonyl (C=O) groups is 2. The fourth-order valence-corrected chi connectivity index (χ4v) is 4.17. The van der Waals surface area contributed by atoms with Crippen LogP contribution in [0.2, 0.25) is 0 Å². The van der Waals surface area contributed by atoms with Crippen LogP contribution in [0.15, 0.2) is 65.6 Å². The van der Waals surface area contributed by atoms with Crippen molar-refractivity contribution in [3.05, 3.63) is 66.2 Å². The number of nitrogens with one attached hydrogen (secondary N) is 2. The third kappa shape index (κ3) is 3.16. The molecule has 0 bridgehead atoms. The summed E-state index contributed by atoms with van der Waals surface area (Å²) >= 11 is 0. The molecule has 0 aromatic heterocycles. The number of benzene rings is 2. The van der Waals surface area contributed by atoms with Gasteiger partial charge in [0.2, 0.25) is 21.7 Å². The van der Waals surface area contributed by atoms with Crippen molar-refractivity contribution in [2.75, 3.05) is 0 Å². The van der Waals surface area contributed by atoms with Gasteiger partial charge in [0, 0.05) is 0 Å². The second-order valence-electron chi connectivity index (χ2n) is 5.49. The van der Waals surface area contributed by atoms with Crippen molar-refractivity contribution >= 4 is 21.7 Å². The quantitative estimate of drug-likeness (QED) is 0.779. The van der Waals surface area contributed by atoms with Crippen molar-refractivity contribution in [2.24, 2.45) is 0 Å². The van der Waals surface area contributed by atoms with E-state index in [-0.39, 0.29) is 11.3 Å². The summed E-state index contributed by atoms with van der Waals surface area (Å²) in [7, 11) is -3.75. The van der Waals surface area contributed by atoms with Gasteiger partial charge in [0.25, 0.3) is 0 Å². The average molecular weight is 344 g/mol. The fraction of sp³-hybridized carbons (Fsp3) is 0.176. The summed E-state index contributed by atoms with van der Waals surface area (Å²) in [6.07, 6.45) is 0.0860. The van der Waals surface area contributed by atoms with Gasteiger partial charge in [-0.2, -0.15) is 0 Å². The standard InChI is InChI=1S/C17H16N2O4S/c20-14(11-12-7-3-1-4-8-12)18-15-16(21)19-17(15)24(22,23)13-9-5-2-6-10-13/h1-10,15,17H,11H2,(H,18,20)(H,19,21). The molecule has 6 nitrogen and oxygen atoms in total. The van der Waals surface area contributed by atoms with Crippen LogP contribution < -0.4 is 10.6 Å². The highest BCUT2D eigenvalue weighted by Crippen LogP contribution is 2.21. The molecule has 1 saturated heterocycles. The predicted octanol–water partition coefficient (Wildman–Crippen LogP) is 0.644. The van der Waals surface area contributed by atoms with Gasteiger partial charge in [0.1, 0.15) is 6.04 Å². The Kier molecular flexibility index (Phi) is 4.35. The van der Waals surface area contributed by atoms with Gasteiger partial charge in [-0.1, -0.05) is 48.5 Å². The van der Waals surface area contributed by atoms with E-state index in [2.05, 4.69) is 10.6 Å². The Morgan fingerprint density at radius 1 is 1.00 bits per heavy atom. The Morgan fingerprint density at radius 2 is 1.58 bits per heavy atom. The van der Waals surface area contributed by atoms with Crippen LogP contribution in [0.25, 0.3) is 0 Å². The minimum Gasteiger partial charge on any atom is -0.341 e. The van der Waals surface area contributed by atoms with Crippen LogP contribution in [0.5, 0.6) is 0 Å². The van der Waals surface area contributed by atoms with Crippen LogP contribution in [-0.2, 0) is 25.8 Å². The summed E-state index contributed by atoms with van der Waals surface area (Å²) in [4.78, 5) is 23.9. The van der Waals surface area contributed by atoms with Crippen molar-refractivity contribution < 1.29 is 18.0 Å². The van der Waals surface area contributed by atoms with Gasteiger partial charge < -0.3 is 10.6 Å². The second-order valence-corrected chi connectivity index (χ2v) is 7.56. The summed E-state index contributed by atoms with van der Waals surface area (Å²) in [5.74, 6) is -0.893. The molecular weight excluding hydrogens is 328 g/mol. The van der Waals surface area contributed by atoms with E-state index in [0.717, 1.165) is 5.56 Å². The molecule has 1 fully saturated rings. The second kappa shape index (κ2) is 6.45. The number of β-lactam (4-membered cyclic amide) rings is 1. The van der Waals surface area contributed by atoms with E-state index in [1.807, 2.05) is 6.07 Å². The number of sulfone groups is 1. The Morgan fingerprint density at radius 3 is 2.17 bits per heavy atom. The monoisotopic (exact) mass is 344 g/mol. The first kappa shape index (κ1) is 16.2. The summed E-state index contributed by atoms with van der Waals surface area (Å²) in [6, 6.07) is 15.8. The van der Waals surface area contributed by atoms with E-state index in [0.29, 0.717) is 0 Å². The summed E-state index contributed by atoms with van der Waals surface area (Å²) < 4.78 is 25.1. The lowest BCUT2D eigenvalue weighted by molar-refractivity contribution is -0.134. The molecule has 2 unspecified atom stereocenters. The van der Waals surface area contributed by atoms with E-state index in [9.17, 15) is 18.0 Å². The fourth-order valence-electron chi connectivity index (χ4n) is 2.52. The van der Waals surface area contributed by atoms with E-state index in [1.54, 1.807) is 42.5 Å². The highest BCUT2D eigenvalue weighted by molar-refractivity contribution is 7.92. The highest BCUT2D eigenvalue weighted by atomic mass is 32.2. The van der Waals surface area contributed by atoms with Gasteiger partial charge in [0.15, 0.2) is 5.37 Å². The van der Waals surface area contributed by atoms with Crippen LogP contribution in [0.1, 0.15) is 5.56 Å². The molecule has 0 aliphatic carbocycles. The molecule has 0 radical (unpaired) electrons. The molecule has 0 spiro atoms. The van der Waals surface area contributed by atoms with Crippen molar-refractivity contribution in [3.63, 3.8) is 0 Å². The topological polar surface area (TPSA) is 92.3 Å². The molecule has 2 aromatic rings. The zero-order valence-electron chi connectivity index (χ0n) is 12.7. The maximum Gasteiger partial charge on any atom is 0.246 e. The maximum atomic E-state index is 12.5. The largest absolute Gasteiger partial charge is 0.341 e. The first-order valence-corrected chi connectivity index (χ1v) is 8.96. The lowest BCUT2D eigenvalue weighted by Crippen LogP contribution is -2.71. The summed E-state index contributed by atoms with van der Waals surface area (Å²) in [5, 5.41) is 3.72. The molecule has 7 heteroatoms. The first-order chi connectivity index (χ1) is 11.5. The minimum absolute atomic E-state index is 0.0860. The van der Waals surface area contributed by atoms with E-state index in [4.69, 9.17) is 0 Å². The maximum absolute atomic E-state index is 12.5. The Bertz CT molecular complexity index is 851. The van der Waals surface area contributed by atoms with Crippen LogP contribution in [0.3, 0.4) is 0 Å². The molecule has 0 saturated carbocycles. The van der Waals surface area contributed by atoms with Crippen molar-refractivity contribution in [1.82, 2.24) is 10.6 Å². The first-order valence-electron chi connectivity index (χ1n) is 7.41. The van der Waals surface area contributed by atoms with Crippen LogP contribution in [-0.4, -0.2) is 31.6 Å². The normalized spacial score (nSPS) is 19.9. The molecule has 1 aliphatic rings. The van der Waals surface area contributed by atoms with Crippen LogP contribution >= 0.6 is 0 Å².